The van der Waals surface area contributed by atoms with E-state index in [0.717, 1.165) is 5.56 Å². The number of aryl methyl sites for hydroxylation is 1. The quantitative estimate of drug-likeness (QED) is 0.236. The Kier molecular flexibility index (Phi) is 7.31. The molecule has 0 aliphatic carbocycles. The third-order valence-corrected chi connectivity index (χ3v) is 6.13. The highest BCUT2D eigenvalue weighted by atomic mass is 35.5. The second kappa shape index (κ2) is 10.3. The van der Waals surface area contributed by atoms with E-state index in [0.29, 0.717) is 32.2 Å². The van der Waals surface area contributed by atoms with Gasteiger partial charge in [0.2, 0.25) is 5.88 Å². The predicted molar refractivity (Wildman–Crippen MR) is 125 cm³/mol. The fourth-order valence-corrected chi connectivity index (χ4v) is 4.53. The van der Waals surface area contributed by atoms with Gasteiger partial charge in [-0.05, 0) is 24.6 Å². The van der Waals surface area contributed by atoms with Crippen molar-refractivity contribution in [1.29, 1.82) is 0 Å². The highest BCUT2D eigenvalue weighted by Crippen LogP contribution is 2.40. The topological polar surface area (TPSA) is 95.5 Å². The molecule has 0 atom stereocenters. The molecule has 0 radical (unpaired) electrons. The first-order chi connectivity index (χ1) is 17.1. The molecule has 4 rings (SSSR count). The summed E-state index contributed by atoms with van der Waals surface area (Å²) in [4.78, 5) is 24.6. The van der Waals surface area contributed by atoms with Gasteiger partial charge in [-0.15, -0.1) is 11.3 Å². The van der Waals surface area contributed by atoms with Crippen molar-refractivity contribution in [2.24, 2.45) is 0 Å². The summed E-state index contributed by atoms with van der Waals surface area (Å²) in [5, 5.41) is 1.81. The predicted octanol–water partition coefficient (Wildman–Crippen LogP) is 5.68. The Labute approximate surface area is 210 Å². The van der Waals surface area contributed by atoms with Gasteiger partial charge in [0.05, 0.1) is 29.0 Å². The molecule has 0 saturated carbocycles. The molecule has 0 unspecified atom stereocenters. The Balaban J connectivity index is 1.55. The fraction of sp³-hybridized carbons (Fsp3) is 0.273. The number of rotatable bonds is 7. The minimum Gasteiger partial charge on any atom is -0.487 e. The smallest absolute Gasteiger partial charge is 0.407 e. The van der Waals surface area contributed by atoms with Crippen molar-refractivity contribution in [2.45, 2.75) is 13.1 Å². The number of carbonyl (C=O) groups is 1. The first-order valence-corrected chi connectivity index (χ1v) is 11.5. The second-order valence-electron chi connectivity index (χ2n) is 7.41. The zero-order valence-electron chi connectivity index (χ0n) is 18.7. The van der Waals surface area contributed by atoms with Crippen LogP contribution >= 0.6 is 22.9 Å². The van der Waals surface area contributed by atoms with Gasteiger partial charge < -0.3 is 19.5 Å². The van der Waals surface area contributed by atoms with Crippen LogP contribution in [-0.2, 0) is 4.74 Å². The summed E-state index contributed by atoms with van der Waals surface area (Å²) >= 11 is 7.44. The van der Waals surface area contributed by atoms with Crippen molar-refractivity contribution in [3.8, 4) is 22.2 Å². The maximum atomic E-state index is 14.8. The molecule has 0 fully saturated rings. The molecule has 4 aromatic rings. The molecule has 1 amide bonds. The molecule has 0 aliphatic rings. The van der Waals surface area contributed by atoms with Gasteiger partial charge in [-0.2, -0.15) is 13.2 Å². The summed E-state index contributed by atoms with van der Waals surface area (Å²) in [5.74, 6) is -0.737. The molecule has 0 spiro atoms. The normalized spacial score (nSPS) is 11.6. The standard InChI is InChI=1S/C22H17ClF4N4O4S/c1-10-5-11(18-12(6-10)30-15(33-2)8-28-18)20-31-19-14(36-20)7-13(17(24)16(19)23)34-3-4-35-21(32)29-9-22(25,26)27/h5-8H,3-4,9H2,1-2H3,(H,29,32). The number of fused-ring (bicyclic) bond motifs is 2. The molecule has 1 N–H and O–H groups in total. The molecular weight excluding hydrogens is 528 g/mol. The summed E-state index contributed by atoms with van der Waals surface area (Å²) in [6.07, 6.45) is -4.36. The van der Waals surface area contributed by atoms with E-state index < -0.39 is 31.2 Å². The lowest BCUT2D eigenvalue weighted by molar-refractivity contribution is -0.123. The van der Waals surface area contributed by atoms with E-state index in [1.807, 2.05) is 19.1 Å². The largest absolute Gasteiger partial charge is 0.487 e. The number of nitrogens with one attached hydrogen (secondary N) is 1. The molecule has 2 aromatic carbocycles. The molecule has 2 heterocycles. The van der Waals surface area contributed by atoms with Crippen LogP contribution in [-0.4, -0.2) is 54.1 Å². The molecule has 190 valence electrons. The number of amides is 1. The lowest BCUT2D eigenvalue weighted by Crippen LogP contribution is -2.34. The van der Waals surface area contributed by atoms with Gasteiger partial charge in [0.1, 0.15) is 35.3 Å². The monoisotopic (exact) mass is 544 g/mol. The van der Waals surface area contributed by atoms with E-state index in [1.165, 1.54) is 30.7 Å². The number of carbonyl (C=O) groups excluding carboxylic acids is 1. The lowest BCUT2D eigenvalue weighted by Gasteiger charge is -2.10. The van der Waals surface area contributed by atoms with E-state index in [9.17, 15) is 22.4 Å². The third-order valence-electron chi connectivity index (χ3n) is 4.75. The molecule has 8 nitrogen and oxygen atoms in total. The first-order valence-electron chi connectivity index (χ1n) is 10.3. The number of nitrogens with zero attached hydrogens (tertiary/aromatic N) is 3. The van der Waals surface area contributed by atoms with Crippen LogP contribution in [0.5, 0.6) is 11.6 Å². The number of hydrogen-bond acceptors (Lipinski definition) is 8. The maximum absolute atomic E-state index is 14.8. The van der Waals surface area contributed by atoms with E-state index in [4.69, 9.17) is 21.1 Å². The molecule has 0 saturated heterocycles. The van der Waals surface area contributed by atoms with Crippen molar-refractivity contribution in [2.75, 3.05) is 26.9 Å². The van der Waals surface area contributed by atoms with Crippen LogP contribution in [0, 0.1) is 12.7 Å². The minimum absolute atomic E-state index is 0.222. The van der Waals surface area contributed by atoms with Crippen LogP contribution in [0.2, 0.25) is 5.02 Å². The van der Waals surface area contributed by atoms with Crippen molar-refractivity contribution in [3.05, 3.63) is 40.8 Å². The van der Waals surface area contributed by atoms with Crippen LogP contribution in [0.25, 0.3) is 31.8 Å². The molecular formula is C22H17ClF4N4O4S. The van der Waals surface area contributed by atoms with Crippen LogP contribution in [0.1, 0.15) is 5.56 Å². The van der Waals surface area contributed by atoms with Gasteiger partial charge in [-0.1, -0.05) is 11.6 Å². The summed E-state index contributed by atoms with van der Waals surface area (Å²) in [6, 6.07) is 5.13. The Hall–Kier alpha value is -3.45. The fourth-order valence-electron chi connectivity index (χ4n) is 3.22. The van der Waals surface area contributed by atoms with Crippen molar-refractivity contribution >= 4 is 50.3 Å². The molecule has 2 aromatic heterocycles. The van der Waals surface area contributed by atoms with E-state index in [-0.39, 0.29) is 22.9 Å². The van der Waals surface area contributed by atoms with Crippen molar-refractivity contribution < 1.29 is 36.6 Å². The second-order valence-corrected chi connectivity index (χ2v) is 8.82. The van der Waals surface area contributed by atoms with Crippen LogP contribution in [0.15, 0.2) is 24.4 Å². The van der Waals surface area contributed by atoms with Gasteiger partial charge in [0.25, 0.3) is 0 Å². The summed E-state index contributed by atoms with van der Waals surface area (Å²) in [7, 11) is 1.49. The van der Waals surface area contributed by atoms with Crippen molar-refractivity contribution in [1.82, 2.24) is 20.3 Å². The van der Waals surface area contributed by atoms with E-state index in [2.05, 4.69) is 19.7 Å². The lowest BCUT2D eigenvalue weighted by atomic mass is 10.1. The SMILES string of the molecule is COc1cnc2c(-c3nc4c(Cl)c(F)c(OCCOC(=O)NCC(F)(F)F)cc4s3)cc(C)cc2n1. The zero-order valence-corrected chi connectivity index (χ0v) is 20.3. The number of thiazole rings is 1. The maximum Gasteiger partial charge on any atom is 0.407 e. The number of aromatic nitrogens is 3. The average molecular weight is 545 g/mol. The molecule has 0 bridgehead atoms. The van der Waals surface area contributed by atoms with Crippen molar-refractivity contribution in [3.63, 3.8) is 0 Å². The Morgan fingerprint density at radius 1 is 1.17 bits per heavy atom. The number of ether oxygens (including phenoxy) is 3. The van der Waals surface area contributed by atoms with E-state index in [1.54, 1.807) is 5.32 Å². The van der Waals surface area contributed by atoms with E-state index >= 15 is 0 Å². The molecule has 36 heavy (non-hydrogen) atoms. The highest BCUT2D eigenvalue weighted by molar-refractivity contribution is 7.21. The number of methoxy groups -OCH3 is 1. The number of alkyl halides is 3. The van der Waals surface area contributed by atoms with Crippen LogP contribution in [0.3, 0.4) is 0 Å². The average Bonchev–Trinajstić information content (AvgIpc) is 3.26. The highest BCUT2D eigenvalue weighted by Gasteiger charge is 2.28. The summed E-state index contributed by atoms with van der Waals surface area (Å²) in [6.45, 7) is -0.369. The molecule has 14 heteroatoms. The minimum atomic E-state index is -4.57. The Bertz CT molecular complexity index is 1450. The van der Waals surface area contributed by atoms with Gasteiger partial charge in [-0.25, -0.2) is 24.1 Å². The zero-order chi connectivity index (χ0) is 26.0. The molecule has 0 aliphatic heterocycles. The number of halogens is 5. The number of hydrogen-bond donors (Lipinski definition) is 1. The van der Waals surface area contributed by atoms with Crippen LogP contribution in [0.4, 0.5) is 22.4 Å². The third kappa shape index (κ3) is 5.68. The number of benzene rings is 2. The first kappa shape index (κ1) is 25.6. The van der Waals surface area contributed by atoms with Gasteiger partial charge >= 0.3 is 12.3 Å². The van der Waals surface area contributed by atoms with Gasteiger partial charge in [0.15, 0.2) is 11.6 Å². The van der Waals surface area contributed by atoms with Crippen LogP contribution < -0.4 is 14.8 Å². The number of alkyl carbamates (subject to hydrolysis) is 1. The summed E-state index contributed by atoms with van der Waals surface area (Å²) in [5.41, 5.74) is 2.98. The summed E-state index contributed by atoms with van der Waals surface area (Å²) < 4.78 is 66.7. The van der Waals surface area contributed by atoms with Gasteiger partial charge in [-0.3, -0.25) is 0 Å². The Morgan fingerprint density at radius 3 is 2.67 bits per heavy atom. The van der Waals surface area contributed by atoms with Gasteiger partial charge in [0, 0.05) is 11.6 Å². The Morgan fingerprint density at radius 2 is 1.94 bits per heavy atom.